The second-order valence-electron chi connectivity index (χ2n) is 8.55. The molecule has 3 N–H and O–H groups in total. The molecule has 1 aliphatic rings. The summed E-state index contributed by atoms with van der Waals surface area (Å²) in [5.74, 6) is -0.0779. The zero-order valence-corrected chi connectivity index (χ0v) is 17.3. The maximum Gasteiger partial charge on any atom is 0.338 e. The smallest absolute Gasteiger partial charge is 0.338 e. The molecule has 0 spiro atoms. The number of ether oxygens (including phenoxy) is 1. The molecule has 0 radical (unpaired) electrons. The van der Waals surface area contributed by atoms with Crippen molar-refractivity contribution >= 4 is 22.6 Å². The van der Waals surface area contributed by atoms with Gasteiger partial charge >= 0.3 is 5.97 Å². The molecule has 0 saturated carbocycles. The highest BCUT2D eigenvalue weighted by Crippen LogP contribution is 2.35. The predicted octanol–water partition coefficient (Wildman–Crippen LogP) is 3.47. The van der Waals surface area contributed by atoms with Gasteiger partial charge in [0.05, 0.1) is 22.5 Å². The largest absolute Gasteiger partial charge is 0.456 e. The van der Waals surface area contributed by atoms with Crippen LogP contribution in [0.4, 0.5) is 5.69 Å². The van der Waals surface area contributed by atoms with Crippen LogP contribution in [0.2, 0.25) is 0 Å². The Labute approximate surface area is 174 Å². The van der Waals surface area contributed by atoms with Gasteiger partial charge in [-0.1, -0.05) is 0 Å². The van der Waals surface area contributed by atoms with Crippen LogP contribution in [-0.2, 0) is 17.8 Å². The highest BCUT2D eigenvalue weighted by molar-refractivity contribution is 5.90. The molecule has 30 heavy (non-hydrogen) atoms. The minimum atomic E-state index is -0.533. The molecule has 0 fully saturated rings. The zero-order valence-electron chi connectivity index (χ0n) is 17.3. The van der Waals surface area contributed by atoms with Gasteiger partial charge in [0.25, 0.3) is 5.56 Å². The highest BCUT2D eigenvalue weighted by Gasteiger charge is 2.24. The molecule has 156 valence electrons. The van der Waals surface area contributed by atoms with Crippen LogP contribution in [0.1, 0.15) is 60.5 Å². The van der Waals surface area contributed by atoms with Crippen LogP contribution in [0.5, 0.6) is 0 Å². The number of esters is 1. The van der Waals surface area contributed by atoms with Crippen LogP contribution in [0.15, 0.2) is 41.2 Å². The molecule has 0 amide bonds. The molecular weight excluding hydrogens is 382 g/mol. The van der Waals surface area contributed by atoms with Gasteiger partial charge in [-0.15, -0.1) is 0 Å². The Bertz CT molecular complexity index is 1160. The number of anilines is 1. The monoisotopic (exact) mass is 407 g/mol. The number of H-pyrrole nitrogens is 1. The van der Waals surface area contributed by atoms with Crippen molar-refractivity contribution in [3.63, 3.8) is 0 Å². The quantitative estimate of drug-likeness (QED) is 0.572. The van der Waals surface area contributed by atoms with Gasteiger partial charge in [-0.25, -0.2) is 9.78 Å². The van der Waals surface area contributed by atoms with Gasteiger partial charge in [0.1, 0.15) is 18.0 Å². The fourth-order valence-electron chi connectivity index (χ4n) is 3.76. The summed E-state index contributed by atoms with van der Waals surface area (Å²) in [5.41, 5.74) is 3.43. The summed E-state index contributed by atoms with van der Waals surface area (Å²) >= 11 is 0. The molecule has 4 rings (SSSR count). The maximum atomic E-state index is 12.4. The van der Waals surface area contributed by atoms with Gasteiger partial charge in [0, 0.05) is 5.69 Å². The van der Waals surface area contributed by atoms with Crippen molar-refractivity contribution in [1.82, 2.24) is 9.97 Å². The Morgan fingerprint density at radius 3 is 2.67 bits per heavy atom. The molecule has 1 aliphatic carbocycles. The molecule has 1 atom stereocenters. The number of fused-ring (bicyclic) bond motifs is 2. The minimum absolute atomic E-state index is 0.0636. The second kappa shape index (κ2) is 7.57. The van der Waals surface area contributed by atoms with E-state index in [1.807, 2.05) is 45.0 Å². The molecule has 1 heterocycles. The number of aryl methyl sites for hydroxylation is 1. The van der Waals surface area contributed by atoms with Crippen LogP contribution >= 0.6 is 0 Å². The Balaban J connectivity index is 1.56. The third-order valence-electron chi connectivity index (χ3n) is 5.10. The number of aliphatic hydroxyl groups excluding tert-OH is 1. The van der Waals surface area contributed by atoms with E-state index >= 15 is 0 Å². The van der Waals surface area contributed by atoms with E-state index in [-0.39, 0.29) is 30.0 Å². The fourth-order valence-corrected chi connectivity index (χ4v) is 3.76. The van der Waals surface area contributed by atoms with Gasteiger partial charge in [-0.05, 0) is 81.1 Å². The van der Waals surface area contributed by atoms with E-state index in [1.54, 1.807) is 12.1 Å². The Kier molecular flexibility index (Phi) is 5.07. The third kappa shape index (κ3) is 4.07. The van der Waals surface area contributed by atoms with E-state index in [0.29, 0.717) is 16.5 Å². The third-order valence-corrected chi connectivity index (χ3v) is 5.10. The number of hydrogen-bond acceptors (Lipinski definition) is 6. The lowest BCUT2D eigenvalue weighted by Gasteiger charge is -2.20. The van der Waals surface area contributed by atoms with E-state index in [4.69, 9.17) is 4.74 Å². The molecule has 1 aromatic heterocycles. The zero-order chi connectivity index (χ0) is 21.5. The second-order valence-corrected chi connectivity index (χ2v) is 8.55. The lowest BCUT2D eigenvalue weighted by atomic mass is 10.0. The number of aromatic amines is 1. The molecule has 0 unspecified atom stereocenters. The van der Waals surface area contributed by atoms with Crippen LogP contribution in [-0.4, -0.2) is 26.6 Å². The first-order chi connectivity index (χ1) is 14.2. The standard InChI is InChI=1S/C23H25N3O4/c1-23(2,3)30-22(29)13-4-7-15(8-5-13)24-18-9-6-14-10-19-17(11-16(14)18)21(28)26-20(12-27)25-19/h4-5,7-8,10-11,18,24,27H,6,9,12H2,1-3H3,(H,25,26,28)/t18-/m0/s1. The van der Waals surface area contributed by atoms with Crippen molar-refractivity contribution in [3.8, 4) is 0 Å². The van der Waals surface area contributed by atoms with Gasteiger partial charge < -0.3 is 20.1 Å². The van der Waals surface area contributed by atoms with E-state index in [2.05, 4.69) is 15.3 Å². The maximum absolute atomic E-state index is 12.4. The summed E-state index contributed by atoms with van der Waals surface area (Å²) in [4.78, 5) is 31.5. The van der Waals surface area contributed by atoms with Gasteiger partial charge in [-0.2, -0.15) is 0 Å². The number of carbonyl (C=O) groups is 1. The summed E-state index contributed by atoms with van der Waals surface area (Å²) in [7, 11) is 0. The van der Waals surface area contributed by atoms with Gasteiger partial charge in [0.15, 0.2) is 0 Å². The van der Waals surface area contributed by atoms with E-state index in [1.165, 1.54) is 0 Å². The Hall–Kier alpha value is -3.19. The van der Waals surface area contributed by atoms with Gasteiger partial charge in [-0.3, -0.25) is 4.79 Å². The van der Waals surface area contributed by atoms with Crippen LogP contribution in [0, 0.1) is 0 Å². The SMILES string of the molecule is CC(C)(C)OC(=O)c1ccc(N[C@H]2CCc3cc4nc(CO)[nH]c(=O)c4cc32)cc1. The lowest BCUT2D eigenvalue weighted by Crippen LogP contribution is -2.23. The highest BCUT2D eigenvalue weighted by atomic mass is 16.6. The van der Waals surface area contributed by atoms with Crippen molar-refractivity contribution < 1.29 is 14.6 Å². The average molecular weight is 407 g/mol. The first-order valence-electron chi connectivity index (χ1n) is 10.00. The minimum Gasteiger partial charge on any atom is -0.456 e. The molecular formula is C23H25N3O4. The summed E-state index contributed by atoms with van der Waals surface area (Å²) in [6, 6.07) is 11.1. The van der Waals surface area contributed by atoms with Crippen molar-refractivity contribution in [2.24, 2.45) is 0 Å². The number of benzene rings is 2. The van der Waals surface area contributed by atoms with E-state index in [0.717, 1.165) is 29.7 Å². The number of nitrogens with zero attached hydrogens (tertiary/aromatic N) is 1. The lowest BCUT2D eigenvalue weighted by molar-refractivity contribution is 0.00695. The molecule has 0 bridgehead atoms. The average Bonchev–Trinajstić information content (AvgIpc) is 3.07. The van der Waals surface area contributed by atoms with Crippen molar-refractivity contribution in [2.45, 2.75) is 51.9 Å². The Morgan fingerprint density at radius 1 is 1.27 bits per heavy atom. The molecule has 2 aromatic carbocycles. The molecule has 3 aromatic rings. The number of hydrogen-bond donors (Lipinski definition) is 3. The number of rotatable bonds is 4. The number of aromatic nitrogens is 2. The first-order valence-corrected chi connectivity index (χ1v) is 10.00. The molecule has 7 heteroatoms. The first kappa shape index (κ1) is 20.1. The summed E-state index contributed by atoms with van der Waals surface area (Å²) in [5, 5.41) is 13.3. The fraction of sp³-hybridized carbons (Fsp3) is 0.348. The Morgan fingerprint density at radius 2 is 2.00 bits per heavy atom. The number of nitrogens with one attached hydrogen (secondary N) is 2. The van der Waals surface area contributed by atoms with Crippen molar-refractivity contribution in [1.29, 1.82) is 0 Å². The summed E-state index contributed by atoms with van der Waals surface area (Å²) in [6.07, 6.45) is 1.77. The topological polar surface area (TPSA) is 104 Å². The van der Waals surface area contributed by atoms with Gasteiger partial charge in [0.2, 0.25) is 0 Å². The molecule has 0 saturated heterocycles. The summed E-state index contributed by atoms with van der Waals surface area (Å²) in [6.45, 7) is 5.22. The molecule has 0 aliphatic heterocycles. The van der Waals surface area contributed by atoms with Crippen molar-refractivity contribution in [2.75, 3.05) is 5.32 Å². The van der Waals surface area contributed by atoms with Crippen LogP contribution in [0.3, 0.4) is 0 Å². The summed E-state index contributed by atoms with van der Waals surface area (Å²) < 4.78 is 5.40. The molecule has 7 nitrogen and oxygen atoms in total. The normalized spacial score (nSPS) is 15.8. The van der Waals surface area contributed by atoms with Crippen LogP contribution in [0.25, 0.3) is 10.9 Å². The number of aliphatic hydroxyl groups is 1. The predicted molar refractivity (Wildman–Crippen MR) is 115 cm³/mol. The van der Waals surface area contributed by atoms with Crippen molar-refractivity contribution in [3.05, 3.63) is 69.3 Å². The van der Waals surface area contributed by atoms with Crippen LogP contribution < -0.4 is 10.9 Å². The van der Waals surface area contributed by atoms with E-state index < -0.39 is 5.60 Å². The van der Waals surface area contributed by atoms with E-state index in [9.17, 15) is 14.7 Å². The number of carbonyl (C=O) groups excluding carboxylic acids is 1.